The Morgan fingerprint density at radius 2 is 2.21 bits per heavy atom. The molecule has 1 saturated carbocycles. The highest BCUT2D eigenvalue weighted by Crippen LogP contribution is 2.40. The summed E-state index contributed by atoms with van der Waals surface area (Å²) in [4.78, 5) is 2.37. The minimum atomic E-state index is 0.234. The molecule has 0 amide bonds. The predicted octanol–water partition coefficient (Wildman–Crippen LogP) is 3.05. The van der Waals surface area contributed by atoms with Crippen LogP contribution >= 0.6 is 15.9 Å². The molecule has 19 heavy (non-hydrogen) atoms. The molecule has 3 nitrogen and oxygen atoms in total. The standard InChI is InChI=1S/C15H23BrN2O/c1-10-6-11(10)9-18(2)15(8-17)13-7-12(19-3)4-5-14(13)16/h4-5,7,10-11,15H,6,8-9,17H2,1-3H3. The highest BCUT2D eigenvalue weighted by atomic mass is 79.9. The molecule has 2 N–H and O–H groups in total. The number of likely N-dealkylation sites (N-methyl/N-ethyl adjacent to an activating group) is 1. The van der Waals surface area contributed by atoms with Gasteiger partial charge in [-0.3, -0.25) is 4.90 Å². The van der Waals surface area contributed by atoms with Gasteiger partial charge in [-0.2, -0.15) is 0 Å². The summed E-state index contributed by atoms with van der Waals surface area (Å²) < 4.78 is 6.41. The molecule has 0 bridgehead atoms. The molecule has 3 unspecified atom stereocenters. The second kappa shape index (κ2) is 6.25. The Labute approximate surface area is 124 Å². The lowest BCUT2D eigenvalue weighted by Gasteiger charge is -2.28. The van der Waals surface area contributed by atoms with E-state index in [0.717, 1.165) is 28.6 Å². The normalized spacial score (nSPS) is 23.5. The summed E-state index contributed by atoms with van der Waals surface area (Å²) in [5.74, 6) is 2.59. The maximum atomic E-state index is 5.99. The van der Waals surface area contributed by atoms with Gasteiger partial charge in [0, 0.05) is 23.6 Å². The monoisotopic (exact) mass is 326 g/mol. The Balaban J connectivity index is 2.15. The maximum Gasteiger partial charge on any atom is 0.119 e. The largest absolute Gasteiger partial charge is 0.497 e. The summed E-state index contributed by atoms with van der Waals surface area (Å²) >= 11 is 3.63. The molecule has 4 heteroatoms. The van der Waals surface area contributed by atoms with Crippen molar-refractivity contribution in [1.82, 2.24) is 4.90 Å². The van der Waals surface area contributed by atoms with Crippen LogP contribution < -0.4 is 10.5 Å². The van der Waals surface area contributed by atoms with Gasteiger partial charge in [-0.25, -0.2) is 0 Å². The van der Waals surface area contributed by atoms with Crippen LogP contribution in [0.3, 0.4) is 0 Å². The highest BCUT2D eigenvalue weighted by Gasteiger charge is 2.34. The van der Waals surface area contributed by atoms with Gasteiger partial charge in [0.1, 0.15) is 5.75 Å². The van der Waals surface area contributed by atoms with E-state index in [4.69, 9.17) is 10.5 Å². The zero-order chi connectivity index (χ0) is 14.0. The molecule has 3 atom stereocenters. The minimum absolute atomic E-state index is 0.234. The number of nitrogens with zero attached hydrogens (tertiary/aromatic N) is 1. The van der Waals surface area contributed by atoms with Crippen LogP contribution in [0.4, 0.5) is 0 Å². The van der Waals surface area contributed by atoms with Crippen LogP contribution in [0.15, 0.2) is 22.7 Å². The first kappa shape index (κ1) is 14.8. The van der Waals surface area contributed by atoms with Gasteiger partial charge in [0.2, 0.25) is 0 Å². The van der Waals surface area contributed by atoms with E-state index in [2.05, 4.69) is 40.9 Å². The van der Waals surface area contributed by atoms with E-state index in [1.807, 2.05) is 12.1 Å². The van der Waals surface area contributed by atoms with Crippen molar-refractivity contribution < 1.29 is 4.74 Å². The molecule has 2 rings (SSSR count). The molecule has 1 aromatic rings. The van der Waals surface area contributed by atoms with E-state index in [-0.39, 0.29) is 6.04 Å². The molecule has 1 aromatic carbocycles. The number of nitrogens with two attached hydrogens (primary N) is 1. The SMILES string of the molecule is COc1ccc(Br)c(C(CN)N(C)CC2CC2C)c1. The molecular weight excluding hydrogens is 304 g/mol. The third-order valence-electron chi connectivity index (χ3n) is 4.12. The Kier molecular flexibility index (Phi) is 4.87. The number of benzene rings is 1. The van der Waals surface area contributed by atoms with E-state index < -0.39 is 0 Å². The molecule has 0 aromatic heterocycles. The van der Waals surface area contributed by atoms with E-state index in [1.54, 1.807) is 7.11 Å². The van der Waals surface area contributed by atoms with Gasteiger partial charge in [0.05, 0.1) is 7.11 Å². The first-order valence-electron chi connectivity index (χ1n) is 6.80. The van der Waals surface area contributed by atoms with Gasteiger partial charge in [-0.15, -0.1) is 0 Å². The summed E-state index contributed by atoms with van der Waals surface area (Å²) in [7, 11) is 3.86. The van der Waals surface area contributed by atoms with Crippen molar-refractivity contribution in [3.05, 3.63) is 28.2 Å². The third-order valence-corrected chi connectivity index (χ3v) is 4.84. The molecule has 1 aliphatic carbocycles. The molecule has 0 radical (unpaired) electrons. The van der Waals surface area contributed by atoms with Crippen molar-refractivity contribution in [2.45, 2.75) is 19.4 Å². The van der Waals surface area contributed by atoms with Gasteiger partial charge >= 0.3 is 0 Å². The number of methoxy groups -OCH3 is 1. The van der Waals surface area contributed by atoms with Crippen LogP contribution in [0.2, 0.25) is 0 Å². The zero-order valence-corrected chi connectivity index (χ0v) is 13.5. The second-order valence-electron chi connectivity index (χ2n) is 5.55. The quantitative estimate of drug-likeness (QED) is 0.873. The third kappa shape index (κ3) is 3.50. The van der Waals surface area contributed by atoms with Gasteiger partial charge < -0.3 is 10.5 Å². The molecular formula is C15H23BrN2O. The fourth-order valence-electron chi connectivity index (χ4n) is 2.60. The smallest absolute Gasteiger partial charge is 0.119 e. The van der Waals surface area contributed by atoms with Crippen LogP contribution in [-0.4, -0.2) is 32.1 Å². The van der Waals surface area contributed by atoms with E-state index >= 15 is 0 Å². The zero-order valence-electron chi connectivity index (χ0n) is 11.9. The number of rotatable bonds is 6. The van der Waals surface area contributed by atoms with Gasteiger partial charge in [-0.05, 0) is 49.1 Å². The fraction of sp³-hybridized carbons (Fsp3) is 0.600. The number of hydrogen-bond acceptors (Lipinski definition) is 3. The van der Waals surface area contributed by atoms with E-state index in [1.165, 1.54) is 12.0 Å². The van der Waals surface area contributed by atoms with Crippen molar-refractivity contribution in [1.29, 1.82) is 0 Å². The summed E-state index contributed by atoms with van der Waals surface area (Å²) in [6, 6.07) is 6.31. The first-order valence-corrected chi connectivity index (χ1v) is 7.59. The lowest BCUT2D eigenvalue weighted by Crippen LogP contribution is -2.32. The Morgan fingerprint density at radius 3 is 2.74 bits per heavy atom. The van der Waals surface area contributed by atoms with Gasteiger partial charge in [0.25, 0.3) is 0 Å². The maximum absolute atomic E-state index is 5.99. The van der Waals surface area contributed by atoms with Crippen molar-refractivity contribution in [3.8, 4) is 5.75 Å². The van der Waals surface area contributed by atoms with Crippen molar-refractivity contribution in [2.24, 2.45) is 17.6 Å². The Hall–Kier alpha value is -0.580. The van der Waals surface area contributed by atoms with Crippen LogP contribution in [-0.2, 0) is 0 Å². The van der Waals surface area contributed by atoms with E-state index in [0.29, 0.717) is 6.54 Å². The first-order chi connectivity index (χ1) is 9.06. The van der Waals surface area contributed by atoms with Gasteiger partial charge in [-0.1, -0.05) is 22.9 Å². The highest BCUT2D eigenvalue weighted by molar-refractivity contribution is 9.10. The molecule has 0 heterocycles. The van der Waals surface area contributed by atoms with Crippen LogP contribution in [0.1, 0.15) is 24.9 Å². The summed E-state index contributed by atoms with van der Waals surface area (Å²) in [6.07, 6.45) is 1.35. The Morgan fingerprint density at radius 1 is 1.53 bits per heavy atom. The number of ether oxygens (including phenoxy) is 1. The average Bonchev–Trinajstić information content (AvgIpc) is 3.08. The topological polar surface area (TPSA) is 38.5 Å². The molecule has 1 aliphatic rings. The molecule has 1 fully saturated rings. The number of halogens is 1. The van der Waals surface area contributed by atoms with Crippen LogP contribution in [0.25, 0.3) is 0 Å². The summed E-state index contributed by atoms with van der Waals surface area (Å²) in [6.45, 7) is 4.05. The lowest BCUT2D eigenvalue weighted by molar-refractivity contribution is 0.235. The average molecular weight is 327 g/mol. The van der Waals surface area contributed by atoms with Crippen LogP contribution in [0.5, 0.6) is 5.75 Å². The molecule has 0 spiro atoms. The number of hydrogen-bond donors (Lipinski definition) is 1. The molecule has 0 aliphatic heterocycles. The summed E-state index contributed by atoms with van der Waals surface area (Å²) in [5, 5.41) is 0. The summed E-state index contributed by atoms with van der Waals surface area (Å²) in [5.41, 5.74) is 7.20. The fourth-order valence-corrected chi connectivity index (χ4v) is 3.11. The van der Waals surface area contributed by atoms with Crippen molar-refractivity contribution in [2.75, 3.05) is 27.2 Å². The Bertz CT molecular complexity index is 438. The molecule has 0 saturated heterocycles. The minimum Gasteiger partial charge on any atom is -0.497 e. The van der Waals surface area contributed by atoms with Crippen LogP contribution in [0, 0.1) is 11.8 Å². The van der Waals surface area contributed by atoms with Crippen molar-refractivity contribution >= 4 is 15.9 Å². The molecule has 106 valence electrons. The van der Waals surface area contributed by atoms with E-state index in [9.17, 15) is 0 Å². The van der Waals surface area contributed by atoms with Crippen molar-refractivity contribution in [3.63, 3.8) is 0 Å². The van der Waals surface area contributed by atoms with Gasteiger partial charge in [0.15, 0.2) is 0 Å². The predicted molar refractivity (Wildman–Crippen MR) is 82.4 cm³/mol. The lowest BCUT2D eigenvalue weighted by atomic mass is 10.0. The second-order valence-corrected chi connectivity index (χ2v) is 6.41.